The van der Waals surface area contributed by atoms with Crippen LogP contribution in [0.1, 0.15) is 43.1 Å². The zero-order chi connectivity index (χ0) is 20.0. The van der Waals surface area contributed by atoms with Gasteiger partial charge in [-0.25, -0.2) is 0 Å². The molecule has 0 aliphatic rings. The molecule has 0 radical (unpaired) electrons. The largest absolute Gasteiger partial charge is 0.492 e. The summed E-state index contributed by atoms with van der Waals surface area (Å²) in [6, 6.07) is 10.8. The number of ether oxygens (including phenoxy) is 1. The van der Waals surface area contributed by atoms with Crippen molar-refractivity contribution < 1.29 is 14.3 Å². The van der Waals surface area contributed by atoms with Gasteiger partial charge in [-0.3, -0.25) is 9.59 Å². The maximum Gasteiger partial charge on any atom is 0.259 e. The molecule has 0 saturated heterocycles. The lowest BCUT2D eigenvalue weighted by atomic mass is 10.1. The highest BCUT2D eigenvalue weighted by Gasteiger charge is 2.16. The summed E-state index contributed by atoms with van der Waals surface area (Å²) in [5, 5.41) is 5.77. The van der Waals surface area contributed by atoms with E-state index in [0.29, 0.717) is 41.6 Å². The van der Waals surface area contributed by atoms with Gasteiger partial charge in [-0.1, -0.05) is 42.8 Å². The van der Waals surface area contributed by atoms with Gasteiger partial charge in [-0.2, -0.15) is 0 Å². The second-order valence-electron chi connectivity index (χ2n) is 6.68. The van der Waals surface area contributed by atoms with E-state index >= 15 is 0 Å². The van der Waals surface area contributed by atoms with Crippen LogP contribution in [0, 0.1) is 12.8 Å². The Kier molecular flexibility index (Phi) is 7.42. The first-order valence-corrected chi connectivity index (χ1v) is 9.74. The quantitative estimate of drug-likeness (QED) is 0.615. The fourth-order valence-electron chi connectivity index (χ4n) is 2.40. The van der Waals surface area contributed by atoms with Gasteiger partial charge < -0.3 is 15.4 Å². The van der Waals surface area contributed by atoms with Gasteiger partial charge in [0.25, 0.3) is 5.91 Å². The van der Waals surface area contributed by atoms with Gasteiger partial charge in [0.2, 0.25) is 5.91 Å². The second kappa shape index (κ2) is 9.55. The topological polar surface area (TPSA) is 67.4 Å². The molecular weight excluding hydrogens is 408 g/mol. The fraction of sp³-hybridized carbons (Fsp3) is 0.333. The van der Waals surface area contributed by atoms with Crippen molar-refractivity contribution in [1.29, 1.82) is 0 Å². The van der Waals surface area contributed by atoms with Crippen molar-refractivity contribution in [2.24, 2.45) is 5.92 Å². The molecule has 0 aromatic heterocycles. The van der Waals surface area contributed by atoms with Crippen molar-refractivity contribution in [3.8, 4) is 5.75 Å². The second-order valence-corrected chi connectivity index (χ2v) is 7.59. The van der Waals surface area contributed by atoms with E-state index in [9.17, 15) is 9.59 Å². The maximum absolute atomic E-state index is 12.9. The molecule has 0 spiro atoms. The predicted octanol–water partition coefficient (Wildman–Crippen LogP) is 5.39. The SMILES string of the molecule is CCC(=O)Nc1cccc(NC(=O)c2cc(Br)ccc2OCC(C)C)c1C. The Bertz CT molecular complexity index is 834. The first kappa shape index (κ1) is 21.0. The number of amides is 2. The number of carbonyl (C=O) groups is 2. The van der Waals surface area contributed by atoms with E-state index in [2.05, 4.69) is 40.4 Å². The Morgan fingerprint density at radius 1 is 1.11 bits per heavy atom. The van der Waals surface area contributed by atoms with E-state index in [4.69, 9.17) is 4.74 Å². The van der Waals surface area contributed by atoms with Crippen LogP contribution in [0.5, 0.6) is 5.75 Å². The number of nitrogens with one attached hydrogen (secondary N) is 2. The number of rotatable bonds is 7. The van der Waals surface area contributed by atoms with Crippen molar-refractivity contribution in [2.75, 3.05) is 17.2 Å². The van der Waals surface area contributed by atoms with Gasteiger partial charge >= 0.3 is 0 Å². The Balaban J connectivity index is 2.26. The monoisotopic (exact) mass is 432 g/mol. The summed E-state index contributed by atoms with van der Waals surface area (Å²) in [4.78, 5) is 24.6. The lowest BCUT2D eigenvalue weighted by Gasteiger charge is -2.16. The third kappa shape index (κ3) is 5.82. The van der Waals surface area contributed by atoms with Crippen LogP contribution in [0.2, 0.25) is 0 Å². The molecular formula is C21H25BrN2O3. The lowest BCUT2D eigenvalue weighted by molar-refractivity contribution is -0.115. The minimum Gasteiger partial charge on any atom is -0.492 e. The van der Waals surface area contributed by atoms with Crippen molar-refractivity contribution in [3.05, 3.63) is 52.0 Å². The van der Waals surface area contributed by atoms with E-state index in [0.717, 1.165) is 10.0 Å². The molecule has 144 valence electrons. The highest BCUT2D eigenvalue weighted by atomic mass is 79.9. The molecule has 0 unspecified atom stereocenters. The molecule has 0 fully saturated rings. The third-order valence-corrected chi connectivity index (χ3v) is 4.43. The van der Waals surface area contributed by atoms with Crippen molar-refractivity contribution >= 4 is 39.1 Å². The van der Waals surface area contributed by atoms with Crippen molar-refractivity contribution in [1.82, 2.24) is 0 Å². The van der Waals surface area contributed by atoms with E-state index in [1.165, 1.54) is 0 Å². The fourth-order valence-corrected chi connectivity index (χ4v) is 2.76. The average Bonchev–Trinajstić information content (AvgIpc) is 2.63. The normalized spacial score (nSPS) is 10.6. The van der Waals surface area contributed by atoms with Crippen molar-refractivity contribution in [3.63, 3.8) is 0 Å². The van der Waals surface area contributed by atoms with Crippen molar-refractivity contribution in [2.45, 2.75) is 34.1 Å². The van der Waals surface area contributed by atoms with Gasteiger partial charge in [0.05, 0.1) is 12.2 Å². The molecule has 2 N–H and O–H groups in total. The first-order valence-electron chi connectivity index (χ1n) is 8.95. The summed E-state index contributed by atoms with van der Waals surface area (Å²) in [5.74, 6) is 0.554. The number of hydrogen-bond donors (Lipinski definition) is 2. The minimum atomic E-state index is -0.267. The third-order valence-electron chi connectivity index (χ3n) is 3.94. The van der Waals surface area contributed by atoms with Crippen LogP contribution in [0.25, 0.3) is 0 Å². The average molecular weight is 433 g/mol. The number of halogens is 1. The Hall–Kier alpha value is -2.34. The molecule has 2 aromatic rings. The zero-order valence-electron chi connectivity index (χ0n) is 16.1. The summed E-state index contributed by atoms with van der Waals surface area (Å²) < 4.78 is 6.59. The predicted molar refractivity (Wildman–Crippen MR) is 113 cm³/mol. The lowest BCUT2D eigenvalue weighted by Crippen LogP contribution is -2.17. The van der Waals surface area contributed by atoms with E-state index in [-0.39, 0.29) is 11.8 Å². The Morgan fingerprint density at radius 2 is 1.78 bits per heavy atom. The highest BCUT2D eigenvalue weighted by molar-refractivity contribution is 9.10. The van der Waals surface area contributed by atoms with Crippen LogP contribution in [0.15, 0.2) is 40.9 Å². The van der Waals surface area contributed by atoms with Crippen LogP contribution in [0.3, 0.4) is 0 Å². The number of hydrogen-bond acceptors (Lipinski definition) is 3. The molecule has 0 aliphatic carbocycles. The number of carbonyl (C=O) groups excluding carboxylic acids is 2. The molecule has 0 saturated carbocycles. The molecule has 2 rings (SSSR count). The van der Waals surface area contributed by atoms with Crippen LogP contribution >= 0.6 is 15.9 Å². The molecule has 2 aromatic carbocycles. The Labute approximate surface area is 168 Å². The van der Waals surface area contributed by atoms with Gasteiger partial charge in [0.15, 0.2) is 0 Å². The number of benzene rings is 2. The molecule has 5 nitrogen and oxygen atoms in total. The highest BCUT2D eigenvalue weighted by Crippen LogP contribution is 2.27. The standard InChI is InChI=1S/C21H25BrN2O3/c1-5-20(25)23-17-7-6-8-18(14(17)4)24-21(26)16-11-15(22)9-10-19(16)27-12-13(2)3/h6-11,13H,5,12H2,1-4H3,(H,23,25)(H,24,26). The van der Waals surface area contributed by atoms with Crippen LogP contribution in [-0.4, -0.2) is 18.4 Å². The Morgan fingerprint density at radius 3 is 2.41 bits per heavy atom. The van der Waals surface area contributed by atoms with Gasteiger partial charge in [0, 0.05) is 22.3 Å². The minimum absolute atomic E-state index is 0.0714. The first-order chi connectivity index (χ1) is 12.8. The van der Waals surface area contributed by atoms with E-state index < -0.39 is 0 Å². The molecule has 0 heterocycles. The van der Waals surface area contributed by atoms with Crippen LogP contribution < -0.4 is 15.4 Å². The summed E-state index contributed by atoms with van der Waals surface area (Å²) in [6.45, 7) is 8.29. The molecule has 0 atom stereocenters. The van der Waals surface area contributed by atoms with Gasteiger partial charge in [0.1, 0.15) is 5.75 Å². The van der Waals surface area contributed by atoms with E-state index in [1.807, 2.05) is 25.1 Å². The molecule has 2 amide bonds. The number of anilines is 2. The smallest absolute Gasteiger partial charge is 0.259 e. The van der Waals surface area contributed by atoms with Gasteiger partial charge in [-0.05, 0) is 48.7 Å². The summed E-state index contributed by atoms with van der Waals surface area (Å²) in [7, 11) is 0. The molecule has 0 aliphatic heterocycles. The molecule has 27 heavy (non-hydrogen) atoms. The summed E-state index contributed by atoms with van der Waals surface area (Å²) in [6.07, 6.45) is 0.393. The molecule has 6 heteroatoms. The maximum atomic E-state index is 12.9. The zero-order valence-corrected chi connectivity index (χ0v) is 17.6. The van der Waals surface area contributed by atoms with E-state index in [1.54, 1.807) is 25.1 Å². The van der Waals surface area contributed by atoms with Crippen LogP contribution in [0.4, 0.5) is 11.4 Å². The van der Waals surface area contributed by atoms with Gasteiger partial charge in [-0.15, -0.1) is 0 Å². The summed E-state index contributed by atoms with van der Waals surface area (Å²) >= 11 is 3.41. The summed E-state index contributed by atoms with van der Waals surface area (Å²) in [5.41, 5.74) is 2.58. The molecule has 0 bridgehead atoms. The van der Waals surface area contributed by atoms with Crippen LogP contribution in [-0.2, 0) is 4.79 Å².